The first-order valence-corrected chi connectivity index (χ1v) is 9.60. The summed E-state index contributed by atoms with van der Waals surface area (Å²) in [7, 11) is 3.17. The molecule has 0 saturated carbocycles. The van der Waals surface area contributed by atoms with E-state index in [1.807, 2.05) is 0 Å². The van der Waals surface area contributed by atoms with Crippen LogP contribution >= 0.6 is 11.8 Å². The van der Waals surface area contributed by atoms with Crippen molar-refractivity contribution in [3.63, 3.8) is 0 Å². The van der Waals surface area contributed by atoms with Gasteiger partial charge < -0.3 is 34.7 Å². The fourth-order valence-corrected chi connectivity index (χ4v) is 5.55. The number of carboxylic acid groups (broad SMARTS) is 1. The topological polar surface area (TPSA) is 130 Å². The zero-order valence-electron chi connectivity index (χ0n) is 16.5. The second kappa shape index (κ2) is 8.63. The monoisotopic (exact) mass is 422 g/mol. The number of thioether (sulfide) groups is 1. The molecule has 2 saturated heterocycles. The summed E-state index contributed by atoms with van der Waals surface area (Å²) in [5.74, 6) is -3.20. The Bertz CT molecular complexity index is 714. The molecule has 0 spiro atoms. The molecule has 0 aromatic carbocycles. The molecule has 0 unspecified atom stereocenters. The number of aliphatic hydroxyl groups excluding tert-OH is 2. The molecule has 0 aromatic rings. The van der Waals surface area contributed by atoms with E-state index in [0.29, 0.717) is 4.91 Å². The summed E-state index contributed by atoms with van der Waals surface area (Å²) in [6.45, 7) is 2.98. The number of carboxylic acids is 1. The smallest absolute Gasteiger partial charge is 0.543 e. The van der Waals surface area contributed by atoms with Crippen LogP contribution in [0.5, 0.6) is 0 Å². The van der Waals surface area contributed by atoms with E-state index in [9.17, 15) is 29.7 Å². The van der Waals surface area contributed by atoms with Crippen LogP contribution in [-0.4, -0.2) is 88.1 Å². The summed E-state index contributed by atoms with van der Waals surface area (Å²) in [6, 6.07) is -0.454. The molecule has 0 aliphatic carbocycles. The van der Waals surface area contributed by atoms with Gasteiger partial charge in [0.15, 0.2) is 6.10 Å². The minimum Gasteiger partial charge on any atom is -0.543 e. The zero-order chi connectivity index (χ0) is 20.2. The van der Waals surface area contributed by atoms with Crippen LogP contribution < -0.4 is 34.7 Å². The molecule has 11 heteroatoms. The van der Waals surface area contributed by atoms with Crippen molar-refractivity contribution in [1.29, 1.82) is 0 Å². The molecule has 0 bridgehead atoms. The molecule has 9 nitrogen and oxygen atoms in total. The Balaban J connectivity index is 0.00000280. The van der Waals surface area contributed by atoms with Gasteiger partial charge in [0.25, 0.3) is 5.91 Å². The molecular weight excluding hydrogens is 399 g/mol. The van der Waals surface area contributed by atoms with Crippen molar-refractivity contribution in [3.05, 3.63) is 10.6 Å². The third-order valence-corrected chi connectivity index (χ3v) is 7.06. The number of aliphatic hydroxyl groups is 2. The predicted molar refractivity (Wildman–Crippen MR) is 92.8 cm³/mol. The van der Waals surface area contributed by atoms with Gasteiger partial charge >= 0.3 is 29.6 Å². The van der Waals surface area contributed by atoms with Crippen LogP contribution in [0.3, 0.4) is 0 Å². The van der Waals surface area contributed by atoms with Gasteiger partial charge in [0.05, 0.1) is 47.7 Å². The van der Waals surface area contributed by atoms with Crippen molar-refractivity contribution in [2.75, 3.05) is 20.7 Å². The van der Waals surface area contributed by atoms with E-state index in [1.54, 1.807) is 21.0 Å². The van der Waals surface area contributed by atoms with E-state index >= 15 is 0 Å². The number of ether oxygens (including phenoxy) is 1. The molecule has 3 rings (SSSR count). The second-order valence-corrected chi connectivity index (χ2v) is 8.57. The van der Waals surface area contributed by atoms with Crippen LogP contribution in [0.4, 0.5) is 0 Å². The molecule has 0 radical (unpaired) electrons. The van der Waals surface area contributed by atoms with Gasteiger partial charge in [-0.2, -0.15) is 0 Å². The van der Waals surface area contributed by atoms with Crippen LogP contribution in [0.1, 0.15) is 13.8 Å². The van der Waals surface area contributed by atoms with Crippen molar-refractivity contribution >= 4 is 29.5 Å². The molecule has 0 aromatic heterocycles. The third-order valence-electron chi connectivity index (χ3n) is 5.42. The van der Waals surface area contributed by atoms with E-state index < -0.39 is 47.4 Å². The molecule has 3 heterocycles. The number of fused-ring (bicyclic) bond motifs is 1. The molecule has 2 N–H and O–H groups in total. The number of rotatable bonds is 6. The number of likely N-dealkylation sites (N-methyl/N-ethyl adjacent to an activating group) is 1. The van der Waals surface area contributed by atoms with Crippen LogP contribution in [0.15, 0.2) is 10.6 Å². The fourth-order valence-electron chi connectivity index (χ4n) is 4.00. The van der Waals surface area contributed by atoms with Crippen LogP contribution in [0, 0.1) is 11.8 Å². The van der Waals surface area contributed by atoms with Crippen molar-refractivity contribution in [2.45, 2.75) is 43.5 Å². The second-order valence-electron chi connectivity index (χ2n) is 7.35. The average Bonchev–Trinajstić information content (AvgIpc) is 2.80. The zero-order valence-corrected chi connectivity index (χ0v) is 19.3. The van der Waals surface area contributed by atoms with E-state index in [2.05, 4.69) is 0 Å². The molecule has 2 fully saturated rings. The SMILES string of the molecule is C[C@@H](O)[C@H]1C(=O)N2C(C(=O)[O-])=C(S[C@H]3[C@@H](C(=O)N(C)C)O[C@@H]3CO)[C@H](C)[C@H]12.[Na+]. The van der Waals surface area contributed by atoms with E-state index in [1.165, 1.54) is 16.7 Å². The maximum Gasteiger partial charge on any atom is 1.00 e. The maximum absolute atomic E-state index is 12.3. The molecular formula is C17H23N2NaO7S. The van der Waals surface area contributed by atoms with Gasteiger partial charge in [-0.05, 0) is 6.92 Å². The molecule has 2 amide bonds. The minimum absolute atomic E-state index is 0. The minimum atomic E-state index is -1.47. The van der Waals surface area contributed by atoms with Gasteiger partial charge in [0.2, 0.25) is 5.91 Å². The summed E-state index contributed by atoms with van der Waals surface area (Å²) in [6.07, 6.45) is -2.31. The number of aliphatic carboxylic acids is 1. The first kappa shape index (κ1) is 23.7. The molecule has 3 aliphatic rings. The number of carbonyl (C=O) groups is 3. The van der Waals surface area contributed by atoms with Crippen LogP contribution in [-0.2, 0) is 19.1 Å². The average molecular weight is 422 g/mol. The fraction of sp³-hybridized carbons (Fsp3) is 0.706. The number of β-lactam (4-membered cyclic amide) rings is 1. The summed E-state index contributed by atoms with van der Waals surface area (Å²) in [4.78, 5) is 39.3. The van der Waals surface area contributed by atoms with Crippen LogP contribution in [0.2, 0.25) is 0 Å². The first-order valence-electron chi connectivity index (χ1n) is 8.72. The number of hydrogen-bond donors (Lipinski definition) is 2. The van der Waals surface area contributed by atoms with E-state index in [-0.39, 0.29) is 53.7 Å². The Morgan fingerprint density at radius 2 is 2.00 bits per heavy atom. The van der Waals surface area contributed by atoms with Gasteiger partial charge in [0, 0.05) is 24.9 Å². The van der Waals surface area contributed by atoms with Gasteiger partial charge in [-0.3, -0.25) is 9.59 Å². The molecule has 150 valence electrons. The quantitative estimate of drug-likeness (QED) is 0.321. The Morgan fingerprint density at radius 3 is 2.46 bits per heavy atom. The van der Waals surface area contributed by atoms with E-state index in [4.69, 9.17) is 4.74 Å². The summed E-state index contributed by atoms with van der Waals surface area (Å²) in [5.41, 5.74) is -0.209. The Labute approximate surface area is 189 Å². The van der Waals surface area contributed by atoms with Gasteiger partial charge in [-0.1, -0.05) is 6.92 Å². The Morgan fingerprint density at radius 1 is 1.39 bits per heavy atom. The normalized spacial score (nSPS) is 34.8. The third kappa shape index (κ3) is 3.53. The number of hydrogen-bond acceptors (Lipinski definition) is 8. The van der Waals surface area contributed by atoms with Gasteiger partial charge in [-0.15, -0.1) is 11.8 Å². The molecule has 7 atom stereocenters. The maximum atomic E-state index is 12.3. The largest absolute Gasteiger partial charge is 1.00 e. The standard InChI is InChI=1S/C17H24N2O7S.Na/c1-6-10-9(7(2)21)15(22)19(10)11(17(24)25)13(6)27-14-8(5-20)26-12(14)16(23)18(3)4;/h6-10,12,14,20-21H,5H2,1-4H3,(H,24,25);/q;+1/p-1/t6-,7-,8-,9-,10-,12+,14-;/m1./s1. The van der Waals surface area contributed by atoms with Gasteiger partial charge in [0.1, 0.15) is 0 Å². The Kier molecular flexibility index (Phi) is 7.29. The number of nitrogens with zero attached hydrogens (tertiary/aromatic N) is 2. The van der Waals surface area contributed by atoms with Crippen molar-refractivity contribution in [2.24, 2.45) is 11.8 Å². The van der Waals surface area contributed by atoms with Crippen molar-refractivity contribution < 1.29 is 64.0 Å². The summed E-state index contributed by atoms with van der Waals surface area (Å²) < 4.78 is 5.45. The van der Waals surface area contributed by atoms with Crippen LogP contribution in [0.25, 0.3) is 0 Å². The molecule has 3 aliphatic heterocycles. The van der Waals surface area contributed by atoms with E-state index in [0.717, 1.165) is 11.8 Å². The predicted octanol–water partition coefficient (Wildman–Crippen LogP) is -5.24. The Hall–Kier alpha value is -0.620. The summed E-state index contributed by atoms with van der Waals surface area (Å²) in [5, 5.41) is 30.6. The van der Waals surface area contributed by atoms with Gasteiger partial charge in [-0.25, -0.2) is 0 Å². The molecule has 28 heavy (non-hydrogen) atoms. The van der Waals surface area contributed by atoms with Crippen molar-refractivity contribution in [3.8, 4) is 0 Å². The first-order chi connectivity index (χ1) is 12.6. The number of carbonyl (C=O) groups excluding carboxylic acids is 3. The summed E-state index contributed by atoms with van der Waals surface area (Å²) >= 11 is 1.14. The number of amides is 2. The van der Waals surface area contributed by atoms with Crippen molar-refractivity contribution in [1.82, 2.24) is 9.80 Å².